The molecule has 0 N–H and O–H groups in total. The maximum atomic E-state index is 11.4. The van der Waals surface area contributed by atoms with E-state index in [9.17, 15) is 4.79 Å². The Morgan fingerprint density at radius 3 is 1.92 bits per heavy atom. The molecule has 0 amide bonds. The average molecular weight is 359 g/mol. The van der Waals surface area contributed by atoms with Crippen LogP contribution in [-0.2, 0) is 14.1 Å². The summed E-state index contributed by atoms with van der Waals surface area (Å²) in [6.45, 7) is 4.11. The topological polar surface area (TPSA) is 35.5 Å². The Balaban J connectivity index is 3.22. The lowest BCUT2D eigenvalue weighted by atomic mass is 10.0. The second kappa shape index (κ2) is 18.9. The lowest BCUT2D eigenvalue weighted by molar-refractivity contribution is -0.139. The molecule has 0 saturated carbocycles. The van der Waals surface area contributed by atoms with Gasteiger partial charge >= 0.3 is 5.97 Å². The molecule has 0 bridgehead atoms. The van der Waals surface area contributed by atoms with Crippen LogP contribution in [0.4, 0.5) is 0 Å². The molecular weight excluding hydrogens is 319 g/mol. The zero-order valence-corrected chi connectivity index (χ0v) is 17.1. The van der Waals surface area contributed by atoms with Gasteiger partial charge in [-0.15, -0.1) is 0 Å². The van der Waals surface area contributed by atoms with Crippen LogP contribution in [0, 0.1) is 0 Å². The molecule has 0 aromatic heterocycles. The lowest BCUT2D eigenvalue weighted by Crippen LogP contribution is -2.10. The first-order valence-electron chi connectivity index (χ1n) is 9.90. The van der Waals surface area contributed by atoms with Crippen LogP contribution in [0.15, 0.2) is 12.3 Å². The summed E-state index contributed by atoms with van der Waals surface area (Å²) in [6.07, 6.45) is 21.0. The van der Waals surface area contributed by atoms with E-state index in [1.54, 1.807) is 0 Å². The van der Waals surface area contributed by atoms with E-state index in [1.165, 1.54) is 83.3 Å². The standard InChI is InChI=1S/C20H39O3P/c1-3-4-5-6-7-8-9-10-11-12-13-14-15-16-17-22-20(21)18-19(2)23-24/h16-17,19H,3-15,18,24H2,1-2H3. The highest BCUT2D eigenvalue weighted by Crippen LogP contribution is 2.12. The number of carbonyl (C=O) groups excluding carboxylic acids is 1. The molecule has 0 aromatic carbocycles. The third-order valence-electron chi connectivity index (χ3n) is 4.21. The van der Waals surface area contributed by atoms with Crippen LogP contribution < -0.4 is 0 Å². The van der Waals surface area contributed by atoms with Gasteiger partial charge in [0.1, 0.15) is 0 Å². The van der Waals surface area contributed by atoms with Crippen molar-refractivity contribution in [1.82, 2.24) is 0 Å². The van der Waals surface area contributed by atoms with Gasteiger partial charge < -0.3 is 9.26 Å². The SMILES string of the molecule is CCCCCCCCCCCCCCC=COC(=O)CC(C)OP. The molecule has 3 nitrogen and oxygen atoms in total. The molecule has 4 heteroatoms. The van der Waals surface area contributed by atoms with Crippen LogP contribution in [0.2, 0.25) is 0 Å². The van der Waals surface area contributed by atoms with E-state index in [2.05, 4.69) is 16.4 Å². The predicted molar refractivity (Wildman–Crippen MR) is 106 cm³/mol. The van der Waals surface area contributed by atoms with E-state index in [1.807, 2.05) is 13.0 Å². The van der Waals surface area contributed by atoms with Gasteiger partial charge in [0.25, 0.3) is 0 Å². The van der Waals surface area contributed by atoms with E-state index < -0.39 is 0 Å². The molecule has 0 radical (unpaired) electrons. The predicted octanol–water partition coefficient (Wildman–Crippen LogP) is 6.72. The quantitative estimate of drug-likeness (QED) is 0.125. The highest BCUT2D eigenvalue weighted by atomic mass is 31.0. The number of ether oxygens (including phenoxy) is 1. The van der Waals surface area contributed by atoms with Crippen molar-refractivity contribution >= 4 is 15.4 Å². The van der Waals surface area contributed by atoms with Gasteiger partial charge in [0.15, 0.2) is 0 Å². The summed E-state index contributed by atoms with van der Waals surface area (Å²) in [4.78, 5) is 11.4. The molecule has 0 heterocycles. The summed E-state index contributed by atoms with van der Waals surface area (Å²) in [5.41, 5.74) is 0. The van der Waals surface area contributed by atoms with Crippen molar-refractivity contribution in [1.29, 1.82) is 0 Å². The maximum absolute atomic E-state index is 11.4. The van der Waals surface area contributed by atoms with E-state index in [-0.39, 0.29) is 18.5 Å². The Kier molecular flexibility index (Phi) is 18.6. The molecule has 0 saturated heterocycles. The van der Waals surface area contributed by atoms with E-state index in [0.29, 0.717) is 0 Å². The van der Waals surface area contributed by atoms with Gasteiger partial charge in [-0.3, -0.25) is 4.79 Å². The van der Waals surface area contributed by atoms with Crippen LogP contribution in [0.25, 0.3) is 0 Å². The smallest absolute Gasteiger partial charge is 0.313 e. The minimum absolute atomic E-state index is 0.118. The summed E-state index contributed by atoms with van der Waals surface area (Å²) >= 11 is 0. The summed E-state index contributed by atoms with van der Waals surface area (Å²) in [5.74, 6) is -0.240. The van der Waals surface area contributed by atoms with Crippen molar-refractivity contribution in [2.24, 2.45) is 0 Å². The largest absolute Gasteiger partial charge is 0.435 e. The van der Waals surface area contributed by atoms with Gasteiger partial charge in [-0.1, -0.05) is 77.6 Å². The molecule has 24 heavy (non-hydrogen) atoms. The molecule has 0 rings (SSSR count). The Labute approximate surface area is 152 Å². The first-order valence-corrected chi connectivity index (χ1v) is 10.4. The first kappa shape index (κ1) is 23.6. The molecule has 142 valence electrons. The zero-order valence-electron chi connectivity index (χ0n) is 15.9. The number of allylic oxidation sites excluding steroid dienone is 1. The van der Waals surface area contributed by atoms with Crippen molar-refractivity contribution < 1.29 is 14.1 Å². The van der Waals surface area contributed by atoms with Crippen LogP contribution in [0.5, 0.6) is 0 Å². The minimum atomic E-state index is -0.240. The lowest BCUT2D eigenvalue weighted by Gasteiger charge is -2.06. The highest BCUT2D eigenvalue weighted by molar-refractivity contribution is 7.09. The summed E-state index contributed by atoms with van der Waals surface area (Å²) < 4.78 is 9.95. The van der Waals surface area contributed by atoms with Crippen molar-refractivity contribution in [3.8, 4) is 0 Å². The molecule has 0 fully saturated rings. The first-order chi connectivity index (χ1) is 11.7. The Bertz CT molecular complexity index is 305. The van der Waals surface area contributed by atoms with Crippen LogP contribution in [0.3, 0.4) is 0 Å². The van der Waals surface area contributed by atoms with Gasteiger partial charge in [0, 0.05) is 9.47 Å². The zero-order chi connectivity index (χ0) is 17.9. The van der Waals surface area contributed by atoms with Gasteiger partial charge in [-0.25, -0.2) is 0 Å². The van der Waals surface area contributed by atoms with Crippen LogP contribution >= 0.6 is 9.47 Å². The number of rotatable bonds is 17. The van der Waals surface area contributed by atoms with Crippen molar-refractivity contribution in [2.75, 3.05) is 0 Å². The fourth-order valence-corrected chi connectivity index (χ4v) is 2.72. The Morgan fingerprint density at radius 1 is 0.917 bits per heavy atom. The molecule has 2 unspecified atom stereocenters. The van der Waals surface area contributed by atoms with Crippen LogP contribution in [-0.4, -0.2) is 12.1 Å². The number of hydrogen-bond acceptors (Lipinski definition) is 3. The molecule has 0 aliphatic rings. The van der Waals surface area contributed by atoms with E-state index in [0.717, 1.165) is 6.42 Å². The maximum Gasteiger partial charge on any atom is 0.313 e. The molecule has 0 aliphatic carbocycles. The number of carbonyl (C=O) groups is 1. The second-order valence-electron chi connectivity index (χ2n) is 6.69. The minimum Gasteiger partial charge on any atom is -0.435 e. The fourth-order valence-electron chi connectivity index (χ4n) is 2.63. The van der Waals surface area contributed by atoms with Gasteiger partial charge in [-0.05, 0) is 25.8 Å². The second-order valence-corrected chi connectivity index (χ2v) is 6.96. The Morgan fingerprint density at radius 2 is 1.42 bits per heavy atom. The highest BCUT2D eigenvalue weighted by Gasteiger charge is 2.07. The summed E-state index contributed by atoms with van der Waals surface area (Å²) in [5, 5.41) is 0. The van der Waals surface area contributed by atoms with Crippen LogP contribution in [0.1, 0.15) is 104 Å². The van der Waals surface area contributed by atoms with Crippen molar-refractivity contribution in [2.45, 2.75) is 110 Å². The Hall–Kier alpha value is -0.400. The normalized spacial score (nSPS) is 12.6. The van der Waals surface area contributed by atoms with Crippen molar-refractivity contribution in [3.63, 3.8) is 0 Å². The molecule has 0 aromatic rings. The molecule has 0 spiro atoms. The van der Waals surface area contributed by atoms with Gasteiger partial charge in [0.05, 0.1) is 18.8 Å². The molecule has 2 atom stereocenters. The number of unbranched alkanes of at least 4 members (excludes halogenated alkanes) is 12. The van der Waals surface area contributed by atoms with Gasteiger partial charge in [-0.2, -0.15) is 0 Å². The fraction of sp³-hybridized carbons (Fsp3) is 0.850. The van der Waals surface area contributed by atoms with Gasteiger partial charge in [0.2, 0.25) is 0 Å². The number of esters is 1. The van der Waals surface area contributed by atoms with E-state index in [4.69, 9.17) is 9.26 Å². The van der Waals surface area contributed by atoms with Crippen molar-refractivity contribution in [3.05, 3.63) is 12.3 Å². The van der Waals surface area contributed by atoms with E-state index >= 15 is 0 Å². The summed E-state index contributed by atoms with van der Waals surface area (Å²) in [6, 6.07) is 0. The average Bonchev–Trinajstić information content (AvgIpc) is 2.58. The molecular formula is C20H39O3P. The third-order valence-corrected chi connectivity index (χ3v) is 4.67. The molecule has 0 aliphatic heterocycles. The third kappa shape index (κ3) is 17.9. The number of hydrogen-bond donors (Lipinski definition) is 0. The summed E-state index contributed by atoms with van der Waals surface area (Å²) in [7, 11) is 2.16. The monoisotopic (exact) mass is 358 g/mol.